The zero-order valence-corrected chi connectivity index (χ0v) is 41.7. The molecule has 6 aromatic heterocycles. The maximum Gasteiger partial charge on any atom is 0.138 e. The number of rotatable bonds is 3. The molecule has 0 saturated carbocycles. The van der Waals surface area contributed by atoms with E-state index >= 15 is 0 Å². The fourth-order valence-corrected chi connectivity index (χ4v) is 13.5. The molecule has 0 N–H and O–H groups in total. The van der Waals surface area contributed by atoms with Gasteiger partial charge >= 0.3 is 0 Å². The van der Waals surface area contributed by atoms with Crippen molar-refractivity contribution in [2.45, 2.75) is 0 Å². The summed E-state index contributed by atoms with van der Waals surface area (Å²) in [6.45, 7) is 0. The van der Waals surface area contributed by atoms with Crippen LogP contribution in [-0.4, -0.2) is 19.1 Å². The molecule has 360 valence electrons. The molecule has 11 aromatic carbocycles. The minimum atomic E-state index is 0.915. The van der Waals surface area contributed by atoms with Crippen LogP contribution < -0.4 is 0 Å². The van der Waals surface area contributed by atoms with Crippen molar-refractivity contribution in [3.05, 3.63) is 243 Å². The van der Waals surface area contributed by atoms with E-state index in [-0.39, 0.29) is 0 Å². The molecule has 78 heavy (non-hydrogen) atoms. The van der Waals surface area contributed by atoms with E-state index in [4.69, 9.17) is 18.8 Å². The number of hydrogen-bond acceptors (Lipinski definition) is 4. The molecule has 0 radical (unpaired) electrons. The van der Waals surface area contributed by atoms with Crippen LogP contribution in [0.3, 0.4) is 0 Å². The highest BCUT2D eigenvalue weighted by atomic mass is 16.3. The van der Waals surface area contributed by atoms with Gasteiger partial charge in [0, 0.05) is 54.9 Å². The minimum Gasteiger partial charge on any atom is -0.456 e. The first-order valence-corrected chi connectivity index (χ1v) is 26.5. The molecule has 6 nitrogen and oxygen atoms in total. The van der Waals surface area contributed by atoms with E-state index in [2.05, 4.69) is 215 Å². The highest BCUT2D eigenvalue weighted by Crippen LogP contribution is 2.53. The quantitative estimate of drug-likeness (QED) is 0.177. The summed E-state index contributed by atoms with van der Waals surface area (Å²) in [6, 6.07) is 84.3. The Morgan fingerprint density at radius 2 is 0.744 bits per heavy atom. The Hall–Kier alpha value is -10.6. The van der Waals surface area contributed by atoms with Crippen molar-refractivity contribution >= 4 is 109 Å². The van der Waals surface area contributed by atoms with Gasteiger partial charge in [0.25, 0.3) is 0 Å². The summed E-state index contributed by atoms with van der Waals surface area (Å²) in [4.78, 5) is 9.92. The normalized spacial score (nSPS) is 12.4. The van der Waals surface area contributed by atoms with Crippen molar-refractivity contribution in [2.75, 3.05) is 0 Å². The Labute approximate surface area is 444 Å². The summed E-state index contributed by atoms with van der Waals surface area (Å²) in [6.07, 6.45) is 1.86. The molecule has 6 heterocycles. The zero-order valence-electron chi connectivity index (χ0n) is 41.7. The molecule has 6 heteroatoms. The van der Waals surface area contributed by atoms with Gasteiger partial charge in [-0.25, -0.2) is 9.97 Å². The monoisotopic (exact) mass is 992 g/mol. The van der Waals surface area contributed by atoms with E-state index in [1.54, 1.807) is 0 Å². The lowest BCUT2D eigenvalue weighted by Gasteiger charge is -2.14. The molecular weight excluding hydrogens is 953 g/mol. The van der Waals surface area contributed by atoms with Crippen LogP contribution in [-0.2, 0) is 0 Å². The van der Waals surface area contributed by atoms with Crippen LogP contribution >= 0.6 is 0 Å². The molecule has 2 aliphatic carbocycles. The number of pyridine rings is 2. The van der Waals surface area contributed by atoms with Gasteiger partial charge in [-0.05, 0) is 151 Å². The van der Waals surface area contributed by atoms with Crippen LogP contribution in [0.2, 0.25) is 0 Å². The van der Waals surface area contributed by atoms with Gasteiger partial charge in [0.15, 0.2) is 0 Å². The second-order valence-corrected chi connectivity index (χ2v) is 20.7. The second kappa shape index (κ2) is 15.5. The first-order valence-electron chi connectivity index (χ1n) is 26.5. The maximum atomic E-state index is 6.39. The zero-order chi connectivity index (χ0) is 50.7. The highest BCUT2D eigenvalue weighted by molar-refractivity contribution is 6.33. The second-order valence-electron chi connectivity index (χ2n) is 20.7. The average molecular weight is 993 g/mol. The van der Waals surface area contributed by atoms with Crippen LogP contribution in [0, 0.1) is 0 Å². The summed E-state index contributed by atoms with van der Waals surface area (Å²) in [7, 11) is 0. The molecule has 0 saturated heterocycles. The van der Waals surface area contributed by atoms with Gasteiger partial charge in [0.2, 0.25) is 0 Å². The van der Waals surface area contributed by atoms with Crippen molar-refractivity contribution in [2.24, 2.45) is 0 Å². The molecule has 0 bridgehead atoms. The maximum absolute atomic E-state index is 6.39. The lowest BCUT2D eigenvalue weighted by Crippen LogP contribution is -1.99. The molecule has 2 aliphatic rings. The van der Waals surface area contributed by atoms with Gasteiger partial charge in [0.05, 0.1) is 27.8 Å². The number of furan rings is 2. The third-order valence-electron chi connectivity index (χ3n) is 16.7. The third-order valence-corrected chi connectivity index (χ3v) is 16.7. The Morgan fingerprint density at radius 3 is 1.31 bits per heavy atom. The summed E-state index contributed by atoms with van der Waals surface area (Å²) in [5.74, 6) is 1.85. The standard InChI is InChI=1S/C39H22N2O.C33H18N2O/c1-2-9-23(10-3-1)31-15-8-18-36(40-31)41-32-16-7-14-27-29-22-35-30(25-12-4-5-17-34(25)42-35)21-28(29)26-13-6-11-24-19-20-33(41)39(37(24)26)38(27)32;1-2-12-28-20(8-1)25-17-23-21-9-5-7-19-14-15-27-33(31(19)21)32-22(24(23)18-29(25)36-28)10-6-11-26(32)35(27)30-13-3-4-16-34-30/h1-22H;1-18H. The molecule has 0 atom stereocenters. The van der Waals surface area contributed by atoms with Crippen LogP contribution in [0.5, 0.6) is 0 Å². The molecule has 0 spiro atoms. The third kappa shape index (κ3) is 5.64. The van der Waals surface area contributed by atoms with E-state index in [1.807, 2.05) is 36.5 Å². The largest absolute Gasteiger partial charge is 0.456 e. The van der Waals surface area contributed by atoms with E-state index in [0.717, 1.165) is 77.8 Å². The van der Waals surface area contributed by atoms with E-state index in [1.165, 1.54) is 98.6 Å². The number of fused-ring (bicyclic) bond motifs is 12. The SMILES string of the molecule is c1ccc(-c2cccc(-n3c4cccc5c4c4c6c(cccc6ccc43)-c3cc4c(cc3-5)oc3ccccc34)n2)cc1.c1ccc(-n2c3cccc4c3c3c5c(cccc5ccc32)-c2cc3c(cc2-4)oc2ccccc23)nc1. The van der Waals surface area contributed by atoms with Gasteiger partial charge < -0.3 is 8.83 Å². The summed E-state index contributed by atoms with van der Waals surface area (Å²) < 4.78 is 17.4. The van der Waals surface area contributed by atoms with Crippen LogP contribution in [0.4, 0.5) is 0 Å². The van der Waals surface area contributed by atoms with Gasteiger partial charge in [-0.3, -0.25) is 9.13 Å². The Balaban J connectivity index is 0.000000123. The summed E-state index contributed by atoms with van der Waals surface area (Å²) in [5, 5.41) is 14.8. The van der Waals surface area contributed by atoms with Crippen molar-refractivity contribution in [1.29, 1.82) is 0 Å². The smallest absolute Gasteiger partial charge is 0.138 e. The molecule has 19 rings (SSSR count). The number of hydrogen-bond donors (Lipinski definition) is 0. The first kappa shape index (κ1) is 41.8. The molecule has 0 aliphatic heterocycles. The van der Waals surface area contributed by atoms with E-state index in [0.29, 0.717) is 0 Å². The Bertz CT molecular complexity index is 5450. The topological polar surface area (TPSA) is 61.9 Å². The van der Waals surface area contributed by atoms with Crippen LogP contribution in [0.1, 0.15) is 0 Å². The van der Waals surface area contributed by atoms with Crippen LogP contribution in [0.15, 0.2) is 252 Å². The molecule has 0 fully saturated rings. The van der Waals surface area contributed by atoms with Crippen molar-refractivity contribution in [3.63, 3.8) is 0 Å². The van der Waals surface area contributed by atoms with Crippen LogP contribution in [0.25, 0.3) is 176 Å². The van der Waals surface area contributed by atoms with Crippen molar-refractivity contribution in [3.8, 4) is 67.4 Å². The highest BCUT2D eigenvalue weighted by Gasteiger charge is 2.28. The van der Waals surface area contributed by atoms with E-state index in [9.17, 15) is 0 Å². The lowest BCUT2D eigenvalue weighted by atomic mass is 9.92. The van der Waals surface area contributed by atoms with Gasteiger partial charge in [0.1, 0.15) is 34.0 Å². The predicted molar refractivity (Wildman–Crippen MR) is 321 cm³/mol. The molecule has 17 aromatic rings. The molecule has 0 amide bonds. The fourth-order valence-electron chi connectivity index (χ4n) is 13.5. The number of para-hydroxylation sites is 2. The Morgan fingerprint density at radius 1 is 0.282 bits per heavy atom. The Kier molecular flexibility index (Phi) is 8.30. The van der Waals surface area contributed by atoms with Gasteiger partial charge in [-0.1, -0.05) is 152 Å². The number of benzene rings is 11. The lowest BCUT2D eigenvalue weighted by molar-refractivity contribution is 0.668. The first-order chi connectivity index (χ1) is 38.7. The molecular formula is C72H40N4O2. The number of nitrogens with zero attached hydrogens (tertiary/aromatic N) is 4. The summed E-state index contributed by atoms with van der Waals surface area (Å²) in [5.41, 5.74) is 20.3. The van der Waals surface area contributed by atoms with Gasteiger partial charge in [-0.2, -0.15) is 0 Å². The fraction of sp³-hybridized carbons (Fsp3) is 0. The van der Waals surface area contributed by atoms with Gasteiger partial charge in [-0.15, -0.1) is 0 Å². The minimum absolute atomic E-state index is 0.915. The van der Waals surface area contributed by atoms with Crippen molar-refractivity contribution in [1.82, 2.24) is 19.1 Å². The predicted octanol–water partition coefficient (Wildman–Crippen LogP) is 19.4. The van der Waals surface area contributed by atoms with Crippen molar-refractivity contribution < 1.29 is 8.83 Å². The summed E-state index contributed by atoms with van der Waals surface area (Å²) >= 11 is 0. The number of aromatic nitrogens is 4. The molecule has 0 unspecified atom stereocenters. The average Bonchev–Trinajstić information content (AvgIpc) is 4.05. The van der Waals surface area contributed by atoms with E-state index < -0.39 is 0 Å².